The topological polar surface area (TPSA) is 95.9 Å². The van der Waals surface area contributed by atoms with E-state index in [0.717, 1.165) is 28.7 Å². The van der Waals surface area contributed by atoms with Crippen molar-refractivity contribution in [2.45, 2.75) is 44.2 Å². The van der Waals surface area contributed by atoms with Crippen LogP contribution < -0.4 is 5.32 Å². The molecule has 0 radical (unpaired) electrons. The third-order valence-corrected chi connectivity index (χ3v) is 7.43. The number of carbonyl (C=O) groups is 3. The van der Waals surface area contributed by atoms with E-state index in [0.29, 0.717) is 19.4 Å². The third-order valence-electron chi connectivity index (χ3n) is 7.43. The fourth-order valence-electron chi connectivity index (χ4n) is 5.84. The predicted octanol–water partition coefficient (Wildman–Crippen LogP) is 3.63. The van der Waals surface area contributed by atoms with E-state index in [-0.39, 0.29) is 30.4 Å². The molecule has 2 aromatic rings. The fraction of sp³-hybridized carbons (Fsp3) is 0.423. The molecule has 4 unspecified atom stereocenters. The molecule has 0 aromatic heterocycles. The van der Waals surface area contributed by atoms with E-state index in [1.807, 2.05) is 24.3 Å². The molecule has 0 spiro atoms. The number of benzene rings is 2. The molecule has 4 atom stereocenters. The average Bonchev–Trinajstić information content (AvgIpc) is 3.16. The molecule has 2 aromatic carbocycles. The van der Waals surface area contributed by atoms with Crippen LogP contribution in [0.1, 0.15) is 43.2 Å². The molecule has 6 rings (SSSR count). The minimum atomic E-state index is -0.848. The number of aliphatic carboxylic acids is 1. The summed E-state index contributed by atoms with van der Waals surface area (Å²) >= 11 is 0. The molecule has 2 amide bonds. The monoisotopic (exact) mass is 448 g/mol. The molecule has 2 saturated heterocycles. The number of hydrogen-bond acceptors (Lipinski definition) is 4. The average molecular weight is 449 g/mol. The SMILES string of the molecule is CC(NC(=O)OCC1c2ccccc2-c2ccccc21)C(=O)N1CC2CCC1C(C(=O)O)C2. The first-order valence-corrected chi connectivity index (χ1v) is 11.6. The van der Waals surface area contributed by atoms with E-state index in [1.165, 1.54) is 0 Å². The summed E-state index contributed by atoms with van der Waals surface area (Å²) in [5.41, 5.74) is 4.55. The summed E-state index contributed by atoms with van der Waals surface area (Å²) in [7, 11) is 0. The highest BCUT2D eigenvalue weighted by atomic mass is 16.5. The van der Waals surface area contributed by atoms with Crippen LogP contribution >= 0.6 is 0 Å². The first kappa shape index (κ1) is 21.5. The van der Waals surface area contributed by atoms with Crippen molar-refractivity contribution in [1.29, 1.82) is 0 Å². The van der Waals surface area contributed by atoms with Gasteiger partial charge in [0.05, 0.1) is 5.92 Å². The Balaban J connectivity index is 1.21. The van der Waals surface area contributed by atoms with E-state index in [4.69, 9.17) is 4.74 Å². The van der Waals surface area contributed by atoms with Crippen molar-refractivity contribution < 1.29 is 24.2 Å². The molecule has 2 N–H and O–H groups in total. The summed E-state index contributed by atoms with van der Waals surface area (Å²) in [6.45, 7) is 2.36. The van der Waals surface area contributed by atoms with Gasteiger partial charge in [0.1, 0.15) is 12.6 Å². The van der Waals surface area contributed by atoms with Crippen LogP contribution in [0.25, 0.3) is 11.1 Å². The zero-order chi connectivity index (χ0) is 23.1. The molecule has 1 saturated carbocycles. The third kappa shape index (κ3) is 3.86. The highest BCUT2D eigenvalue weighted by Gasteiger charge is 2.46. The van der Waals surface area contributed by atoms with Crippen molar-refractivity contribution in [3.63, 3.8) is 0 Å². The maximum atomic E-state index is 13.0. The van der Waals surface area contributed by atoms with Crippen molar-refractivity contribution in [2.75, 3.05) is 13.2 Å². The number of ether oxygens (including phenoxy) is 1. The molecule has 4 aliphatic rings. The number of carbonyl (C=O) groups excluding carboxylic acids is 2. The second kappa shape index (κ2) is 8.54. The first-order valence-electron chi connectivity index (χ1n) is 11.6. The second-order valence-corrected chi connectivity index (χ2v) is 9.37. The molecule has 2 bridgehead atoms. The molecule has 2 heterocycles. The summed E-state index contributed by atoms with van der Waals surface area (Å²) in [5.74, 6) is -1.46. The number of rotatable bonds is 5. The lowest BCUT2D eigenvalue weighted by Gasteiger charge is -2.49. The standard InChI is InChI=1S/C26H28N2O5/c1-15(24(29)28-13-16-10-11-23(28)21(12-16)25(30)31)27-26(32)33-14-22-19-8-4-2-6-17(19)18-7-3-5-9-20(18)22/h2-9,15-16,21-23H,10-14H2,1H3,(H,27,32)(H,30,31). The Morgan fingerprint density at radius 2 is 1.70 bits per heavy atom. The summed E-state index contributed by atoms with van der Waals surface area (Å²) < 4.78 is 5.55. The van der Waals surface area contributed by atoms with Crippen molar-refractivity contribution in [3.8, 4) is 11.1 Å². The van der Waals surface area contributed by atoms with E-state index >= 15 is 0 Å². The summed E-state index contributed by atoms with van der Waals surface area (Å²) in [5, 5.41) is 12.2. The van der Waals surface area contributed by atoms with Gasteiger partial charge in [-0.05, 0) is 54.4 Å². The molecule has 2 aliphatic heterocycles. The summed E-state index contributed by atoms with van der Waals surface area (Å²) in [4.78, 5) is 38.9. The number of hydrogen-bond donors (Lipinski definition) is 2. The Kier molecular flexibility index (Phi) is 5.56. The van der Waals surface area contributed by atoms with E-state index in [2.05, 4.69) is 29.6 Å². The smallest absolute Gasteiger partial charge is 0.407 e. The number of nitrogens with one attached hydrogen (secondary N) is 1. The van der Waals surface area contributed by atoms with Crippen LogP contribution in [0.2, 0.25) is 0 Å². The van der Waals surface area contributed by atoms with Gasteiger partial charge in [0.2, 0.25) is 5.91 Å². The van der Waals surface area contributed by atoms with E-state index in [9.17, 15) is 19.5 Å². The summed E-state index contributed by atoms with van der Waals surface area (Å²) in [6.07, 6.45) is 1.63. The van der Waals surface area contributed by atoms with E-state index < -0.39 is 24.0 Å². The number of piperidine rings is 2. The number of fused-ring (bicyclic) bond motifs is 6. The fourth-order valence-corrected chi connectivity index (χ4v) is 5.84. The normalized spacial score (nSPS) is 24.0. The maximum Gasteiger partial charge on any atom is 0.407 e. The molecule has 3 fully saturated rings. The quantitative estimate of drug-likeness (QED) is 0.728. The van der Waals surface area contributed by atoms with Gasteiger partial charge in [0.25, 0.3) is 0 Å². The van der Waals surface area contributed by atoms with Gasteiger partial charge in [0.15, 0.2) is 0 Å². The van der Waals surface area contributed by atoms with Gasteiger partial charge >= 0.3 is 12.1 Å². The number of carboxylic acids is 1. The minimum absolute atomic E-state index is 0.0525. The van der Waals surface area contributed by atoms with Gasteiger partial charge in [0, 0.05) is 18.5 Å². The molecular formula is C26H28N2O5. The molecule has 7 heteroatoms. The lowest BCUT2D eigenvalue weighted by Crippen LogP contribution is -2.60. The van der Waals surface area contributed by atoms with Gasteiger partial charge in [-0.2, -0.15) is 0 Å². The molecule has 7 nitrogen and oxygen atoms in total. The Bertz CT molecular complexity index is 1050. The lowest BCUT2D eigenvalue weighted by atomic mass is 9.72. The largest absolute Gasteiger partial charge is 0.481 e. The molecule has 33 heavy (non-hydrogen) atoms. The summed E-state index contributed by atoms with van der Waals surface area (Å²) in [6, 6.07) is 15.1. The Morgan fingerprint density at radius 1 is 1.06 bits per heavy atom. The van der Waals surface area contributed by atoms with Crippen LogP contribution in [0.4, 0.5) is 4.79 Å². The number of carboxylic acid groups (broad SMARTS) is 1. The van der Waals surface area contributed by atoms with Gasteiger partial charge in [-0.25, -0.2) is 4.79 Å². The zero-order valence-electron chi connectivity index (χ0n) is 18.6. The minimum Gasteiger partial charge on any atom is -0.481 e. The predicted molar refractivity (Wildman–Crippen MR) is 122 cm³/mol. The zero-order valence-corrected chi connectivity index (χ0v) is 18.6. The second-order valence-electron chi connectivity index (χ2n) is 9.37. The Labute approximate surface area is 192 Å². The highest BCUT2D eigenvalue weighted by molar-refractivity contribution is 5.86. The van der Waals surface area contributed by atoms with Crippen LogP contribution in [0.5, 0.6) is 0 Å². The first-order chi connectivity index (χ1) is 15.9. The van der Waals surface area contributed by atoms with Crippen LogP contribution in [-0.2, 0) is 14.3 Å². The Morgan fingerprint density at radius 3 is 2.30 bits per heavy atom. The number of amides is 2. The number of nitrogens with zero attached hydrogens (tertiary/aromatic N) is 1. The van der Waals surface area contributed by atoms with Gasteiger partial charge < -0.3 is 20.1 Å². The van der Waals surface area contributed by atoms with Crippen molar-refractivity contribution >= 4 is 18.0 Å². The van der Waals surface area contributed by atoms with Crippen LogP contribution in [0, 0.1) is 11.8 Å². The van der Waals surface area contributed by atoms with Crippen molar-refractivity contribution in [2.24, 2.45) is 11.8 Å². The Hall–Kier alpha value is -3.35. The maximum absolute atomic E-state index is 13.0. The van der Waals surface area contributed by atoms with Crippen molar-refractivity contribution in [3.05, 3.63) is 59.7 Å². The van der Waals surface area contributed by atoms with Crippen molar-refractivity contribution in [1.82, 2.24) is 10.2 Å². The molecule has 172 valence electrons. The van der Waals surface area contributed by atoms with Gasteiger partial charge in [-0.3, -0.25) is 9.59 Å². The van der Waals surface area contributed by atoms with Crippen LogP contribution in [0.3, 0.4) is 0 Å². The molecule has 2 aliphatic carbocycles. The highest BCUT2D eigenvalue weighted by Crippen LogP contribution is 2.44. The van der Waals surface area contributed by atoms with Gasteiger partial charge in [-0.15, -0.1) is 0 Å². The lowest BCUT2D eigenvalue weighted by molar-refractivity contribution is -0.156. The van der Waals surface area contributed by atoms with E-state index in [1.54, 1.807) is 11.8 Å². The number of alkyl carbamates (subject to hydrolysis) is 1. The molecular weight excluding hydrogens is 420 g/mol. The van der Waals surface area contributed by atoms with Crippen LogP contribution in [-0.4, -0.2) is 53.2 Å². The van der Waals surface area contributed by atoms with Crippen LogP contribution in [0.15, 0.2) is 48.5 Å². The van der Waals surface area contributed by atoms with Gasteiger partial charge in [-0.1, -0.05) is 48.5 Å².